The lowest BCUT2D eigenvalue weighted by atomic mass is 9.92. The molecule has 0 heterocycles. The standard InChI is InChI=1S/C19H24N2O4/c1-19(20,14-7-5-4-6-8-14)18(23)21-12-17(22)13-9-15(24-2)11-16(10-13)25-3/h4-11,17,22H,12,20H2,1-3H3,(H,21,23). The predicted molar refractivity (Wildman–Crippen MR) is 95.5 cm³/mol. The maximum absolute atomic E-state index is 12.5. The van der Waals surface area contributed by atoms with Gasteiger partial charge in [-0.1, -0.05) is 30.3 Å². The average Bonchev–Trinajstić information content (AvgIpc) is 2.65. The summed E-state index contributed by atoms with van der Waals surface area (Å²) in [7, 11) is 3.07. The number of hydrogen-bond acceptors (Lipinski definition) is 5. The van der Waals surface area contributed by atoms with E-state index in [1.807, 2.05) is 18.2 Å². The van der Waals surface area contributed by atoms with Crippen molar-refractivity contribution in [3.8, 4) is 11.5 Å². The van der Waals surface area contributed by atoms with Crippen molar-refractivity contribution in [2.24, 2.45) is 5.73 Å². The molecule has 0 saturated heterocycles. The zero-order chi connectivity index (χ0) is 18.4. The Labute approximate surface area is 147 Å². The minimum atomic E-state index is -1.19. The van der Waals surface area contributed by atoms with Crippen LogP contribution in [0.5, 0.6) is 11.5 Å². The summed E-state index contributed by atoms with van der Waals surface area (Å²) in [6, 6.07) is 14.2. The Bertz CT molecular complexity index is 694. The van der Waals surface area contributed by atoms with Crippen LogP contribution in [0.1, 0.15) is 24.2 Å². The number of aliphatic hydroxyl groups excluding tert-OH is 1. The molecule has 0 spiro atoms. The second kappa shape index (κ2) is 8.00. The van der Waals surface area contributed by atoms with Gasteiger partial charge in [-0.15, -0.1) is 0 Å². The number of ether oxygens (including phenoxy) is 2. The fourth-order valence-corrected chi connectivity index (χ4v) is 2.43. The smallest absolute Gasteiger partial charge is 0.244 e. The SMILES string of the molecule is COc1cc(OC)cc(C(O)CNC(=O)C(C)(N)c2ccccc2)c1. The first-order valence-electron chi connectivity index (χ1n) is 7.92. The Kier molecular flexibility index (Phi) is 6.01. The highest BCUT2D eigenvalue weighted by atomic mass is 16.5. The van der Waals surface area contributed by atoms with Crippen LogP contribution in [0.3, 0.4) is 0 Å². The second-order valence-electron chi connectivity index (χ2n) is 5.94. The molecule has 6 nitrogen and oxygen atoms in total. The van der Waals surface area contributed by atoms with E-state index in [2.05, 4.69) is 5.32 Å². The number of aliphatic hydroxyl groups is 1. The summed E-state index contributed by atoms with van der Waals surface area (Å²) in [6.45, 7) is 1.66. The fraction of sp³-hybridized carbons (Fsp3) is 0.316. The zero-order valence-electron chi connectivity index (χ0n) is 14.7. The third-order valence-electron chi connectivity index (χ3n) is 4.06. The minimum absolute atomic E-state index is 0.0226. The second-order valence-corrected chi connectivity index (χ2v) is 5.94. The number of methoxy groups -OCH3 is 2. The number of amides is 1. The monoisotopic (exact) mass is 344 g/mol. The molecule has 4 N–H and O–H groups in total. The van der Waals surface area contributed by atoms with Gasteiger partial charge in [0.25, 0.3) is 0 Å². The third-order valence-corrected chi connectivity index (χ3v) is 4.06. The molecule has 0 aliphatic rings. The molecule has 2 aromatic rings. The molecule has 2 atom stereocenters. The van der Waals surface area contributed by atoms with Gasteiger partial charge in [0.2, 0.25) is 5.91 Å². The van der Waals surface area contributed by atoms with Crippen molar-refractivity contribution in [2.45, 2.75) is 18.6 Å². The van der Waals surface area contributed by atoms with Gasteiger partial charge < -0.3 is 25.6 Å². The van der Waals surface area contributed by atoms with Crippen LogP contribution in [0.25, 0.3) is 0 Å². The number of benzene rings is 2. The number of carbonyl (C=O) groups excluding carboxylic acids is 1. The molecule has 0 saturated carbocycles. The Morgan fingerprint density at radius 3 is 2.24 bits per heavy atom. The van der Waals surface area contributed by atoms with Crippen LogP contribution in [-0.4, -0.2) is 31.8 Å². The number of hydrogen-bond donors (Lipinski definition) is 3. The lowest BCUT2D eigenvalue weighted by molar-refractivity contribution is -0.126. The molecule has 0 fully saturated rings. The zero-order valence-corrected chi connectivity index (χ0v) is 14.7. The minimum Gasteiger partial charge on any atom is -0.497 e. The van der Waals surface area contributed by atoms with E-state index in [0.717, 1.165) is 0 Å². The van der Waals surface area contributed by atoms with E-state index in [9.17, 15) is 9.90 Å². The van der Waals surface area contributed by atoms with E-state index in [4.69, 9.17) is 15.2 Å². The number of nitrogens with one attached hydrogen (secondary N) is 1. The summed E-state index contributed by atoms with van der Waals surface area (Å²) in [5, 5.41) is 13.1. The molecule has 2 rings (SSSR count). The summed E-state index contributed by atoms with van der Waals surface area (Å²) in [5.74, 6) is 0.757. The first-order valence-corrected chi connectivity index (χ1v) is 7.92. The molecule has 1 amide bonds. The van der Waals surface area contributed by atoms with Crippen molar-refractivity contribution in [1.82, 2.24) is 5.32 Å². The Morgan fingerprint density at radius 1 is 1.16 bits per heavy atom. The molecule has 0 aromatic heterocycles. The summed E-state index contributed by atoms with van der Waals surface area (Å²) >= 11 is 0. The molecule has 134 valence electrons. The van der Waals surface area contributed by atoms with Crippen molar-refractivity contribution in [2.75, 3.05) is 20.8 Å². The molecule has 0 aliphatic carbocycles. The molecule has 2 aromatic carbocycles. The van der Waals surface area contributed by atoms with E-state index in [1.54, 1.807) is 37.3 Å². The van der Waals surface area contributed by atoms with Crippen molar-refractivity contribution >= 4 is 5.91 Å². The summed E-state index contributed by atoms with van der Waals surface area (Å²) in [5.41, 5.74) is 6.25. The quantitative estimate of drug-likeness (QED) is 0.711. The largest absolute Gasteiger partial charge is 0.497 e. The maximum atomic E-state index is 12.5. The number of rotatable bonds is 7. The lowest BCUT2D eigenvalue weighted by Crippen LogP contribution is -2.49. The fourth-order valence-electron chi connectivity index (χ4n) is 2.43. The van der Waals surface area contributed by atoms with Gasteiger partial charge in [-0.2, -0.15) is 0 Å². The van der Waals surface area contributed by atoms with Gasteiger partial charge in [-0.3, -0.25) is 4.79 Å². The van der Waals surface area contributed by atoms with E-state index in [1.165, 1.54) is 14.2 Å². The van der Waals surface area contributed by atoms with Crippen LogP contribution in [0, 0.1) is 0 Å². The van der Waals surface area contributed by atoms with Gasteiger partial charge in [-0.05, 0) is 30.2 Å². The highest BCUT2D eigenvalue weighted by Gasteiger charge is 2.30. The number of carbonyl (C=O) groups is 1. The van der Waals surface area contributed by atoms with Gasteiger partial charge in [0.15, 0.2) is 0 Å². The van der Waals surface area contributed by atoms with Crippen molar-refractivity contribution < 1.29 is 19.4 Å². The Balaban J connectivity index is 2.06. The maximum Gasteiger partial charge on any atom is 0.244 e. The normalized spacial score (nSPS) is 14.3. The highest BCUT2D eigenvalue weighted by molar-refractivity contribution is 5.87. The summed E-state index contributed by atoms with van der Waals surface area (Å²) < 4.78 is 10.4. The van der Waals surface area contributed by atoms with Crippen molar-refractivity contribution in [3.05, 3.63) is 59.7 Å². The lowest BCUT2D eigenvalue weighted by Gasteiger charge is -2.25. The molecule has 0 aliphatic heterocycles. The van der Waals surface area contributed by atoms with Crippen LogP contribution < -0.4 is 20.5 Å². The molecule has 25 heavy (non-hydrogen) atoms. The molecule has 0 bridgehead atoms. The van der Waals surface area contributed by atoms with Crippen molar-refractivity contribution in [1.29, 1.82) is 0 Å². The van der Waals surface area contributed by atoms with Gasteiger partial charge in [0.05, 0.1) is 20.3 Å². The van der Waals surface area contributed by atoms with E-state index < -0.39 is 11.6 Å². The first-order chi connectivity index (χ1) is 11.9. The van der Waals surface area contributed by atoms with E-state index in [0.29, 0.717) is 22.6 Å². The van der Waals surface area contributed by atoms with Gasteiger partial charge in [0.1, 0.15) is 17.0 Å². The summed E-state index contributed by atoms with van der Waals surface area (Å²) in [6.07, 6.45) is -0.917. The molecular formula is C19H24N2O4. The first kappa shape index (κ1) is 18.8. The van der Waals surface area contributed by atoms with Crippen LogP contribution in [-0.2, 0) is 10.3 Å². The summed E-state index contributed by atoms with van der Waals surface area (Å²) in [4.78, 5) is 12.5. The van der Waals surface area contributed by atoms with Crippen LogP contribution in [0.15, 0.2) is 48.5 Å². The molecule has 2 unspecified atom stereocenters. The van der Waals surface area contributed by atoms with E-state index in [-0.39, 0.29) is 12.5 Å². The van der Waals surface area contributed by atoms with Gasteiger partial charge in [-0.25, -0.2) is 0 Å². The third kappa shape index (κ3) is 4.49. The topological polar surface area (TPSA) is 93.8 Å². The van der Waals surface area contributed by atoms with Crippen LogP contribution in [0.4, 0.5) is 0 Å². The molecule has 0 radical (unpaired) electrons. The van der Waals surface area contributed by atoms with Gasteiger partial charge in [0, 0.05) is 12.6 Å². The highest BCUT2D eigenvalue weighted by Crippen LogP contribution is 2.26. The van der Waals surface area contributed by atoms with Crippen LogP contribution in [0.2, 0.25) is 0 Å². The number of nitrogens with two attached hydrogens (primary N) is 1. The molecular weight excluding hydrogens is 320 g/mol. The van der Waals surface area contributed by atoms with E-state index >= 15 is 0 Å². The van der Waals surface area contributed by atoms with Crippen molar-refractivity contribution in [3.63, 3.8) is 0 Å². The Morgan fingerprint density at radius 2 is 1.72 bits per heavy atom. The average molecular weight is 344 g/mol. The van der Waals surface area contributed by atoms with Gasteiger partial charge >= 0.3 is 0 Å². The predicted octanol–water partition coefficient (Wildman–Crippen LogP) is 1.73. The Hall–Kier alpha value is -2.57. The van der Waals surface area contributed by atoms with Crippen LogP contribution >= 0.6 is 0 Å². The molecule has 6 heteroatoms.